The summed E-state index contributed by atoms with van der Waals surface area (Å²) >= 11 is 0. The van der Waals surface area contributed by atoms with Crippen molar-refractivity contribution < 1.29 is 0 Å². The molecule has 0 aliphatic rings. The van der Waals surface area contributed by atoms with E-state index >= 15 is 0 Å². The van der Waals surface area contributed by atoms with Crippen LogP contribution < -0.4 is 5.44 Å². The van der Waals surface area contributed by atoms with Gasteiger partial charge in [-0.1, -0.05) is 27.8 Å². The zero-order valence-corrected chi connectivity index (χ0v) is 8.01. The smallest absolute Gasteiger partial charge is 0.0630 e. The van der Waals surface area contributed by atoms with Crippen LogP contribution in [0.3, 0.4) is 0 Å². The van der Waals surface area contributed by atoms with Crippen LogP contribution in [-0.4, -0.2) is 17.3 Å². The maximum atomic E-state index is 4.35. The van der Waals surface area contributed by atoms with Crippen LogP contribution in [0, 0.1) is 0 Å². The molecule has 0 fully saturated rings. The lowest BCUT2D eigenvalue weighted by molar-refractivity contribution is 1.35. The molecule has 0 saturated heterocycles. The minimum Gasteiger partial charge on any atom is -0.257 e. The second kappa shape index (κ2) is 4.46. The first-order valence-electron chi connectivity index (χ1n) is 4.04. The van der Waals surface area contributed by atoms with Crippen molar-refractivity contribution in [2.45, 2.75) is 13.8 Å². The highest BCUT2D eigenvalue weighted by Crippen LogP contribution is 2.31. The van der Waals surface area contributed by atoms with Crippen molar-refractivity contribution >= 4 is 13.4 Å². The van der Waals surface area contributed by atoms with Gasteiger partial charge in [0.2, 0.25) is 0 Å². The number of pyridine rings is 1. The van der Waals surface area contributed by atoms with Gasteiger partial charge in [-0.2, -0.15) is 0 Å². The van der Waals surface area contributed by atoms with Crippen LogP contribution in [0.2, 0.25) is 0 Å². The van der Waals surface area contributed by atoms with Crippen LogP contribution >= 0.6 is 7.92 Å². The Bertz CT molecular complexity index is 194. The summed E-state index contributed by atoms with van der Waals surface area (Å²) in [7, 11) is 0.0376. The summed E-state index contributed by atoms with van der Waals surface area (Å²) in [6.07, 6.45) is 4.39. The fraction of sp³-hybridized carbons (Fsp3) is 0.444. The fourth-order valence-electron chi connectivity index (χ4n) is 1.09. The predicted molar refractivity (Wildman–Crippen MR) is 51.9 cm³/mol. The van der Waals surface area contributed by atoms with Crippen LogP contribution in [0.15, 0.2) is 24.4 Å². The van der Waals surface area contributed by atoms with Crippen molar-refractivity contribution in [3.05, 3.63) is 24.4 Å². The largest absolute Gasteiger partial charge is 0.257 e. The molecule has 1 rings (SSSR count). The van der Waals surface area contributed by atoms with Crippen LogP contribution in [-0.2, 0) is 0 Å². The topological polar surface area (TPSA) is 12.9 Å². The van der Waals surface area contributed by atoms with Crippen LogP contribution in [0.25, 0.3) is 0 Å². The molecular weight excluding hydrogens is 153 g/mol. The number of nitrogens with zero attached hydrogens (tertiary/aromatic N) is 1. The molecule has 0 amide bonds. The summed E-state index contributed by atoms with van der Waals surface area (Å²) < 4.78 is 0. The van der Waals surface area contributed by atoms with E-state index in [0.29, 0.717) is 0 Å². The number of hydrogen-bond acceptors (Lipinski definition) is 1. The molecule has 0 unspecified atom stereocenters. The van der Waals surface area contributed by atoms with Crippen molar-refractivity contribution in [2.24, 2.45) is 0 Å². The lowest BCUT2D eigenvalue weighted by Gasteiger charge is -2.10. The van der Waals surface area contributed by atoms with E-state index in [0.717, 1.165) is 0 Å². The van der Waals surface area contributed by atoms with Crippen LogP contribution in [0.5, 0.6) is 0 Å². The molecule has 1 aromatic rings. The average Bonchev–Trinajstić information content (AvgIpc) is 2.09. The molecule has 0 N–H and O–H groups in total. The third-order valence-corrected chi connectivity index (χ3v) is 4.18. The van der Waals surface area contributed by atoms with Gasteiger partial charge in [0, 0.05) is 6.20 Å². The SMILES string of the molecule is CCP(CC)c1ccccn1. The van der Waals surface area contributed by atoms with Crippen molar-refractivity contribution in [2.75, 3.05) is 12.3 Å². The second-order valence-electron chi connectivity index (χ2n) is 2.36. The molecule has 0 aromatic carbocycles. The van der Waals surface area contributed by atoms with Gasteiger partial charge in [-0.05, 0) is 24.5 Å². The molecule has 2 heteroatoms. The first-order valence-corrected chi connectivity index (χ1v) is 5.75. The maximum absolute atomic E-state index is 4.35. The average molecular weight is 167 g/mol. The Morgan fingerprint density at radius 1 is 1.27 bits per heavy atom. The van der Waals surface area contributed by atoms with E-state index in [-0.39, 0.29) is 7.92 Å². The Morgan fingerprint density at radius 2 is 2.00 bits per heavy atom. The number of hydrogen-bond donors (Lipinski definition) is 0. The molecule has 0 atom stereocenters. The number of aromatic nitrogens is 1. The normalized spacial score (nSPS) is 10.5. The molecule has 0 radical (unpaired) electrons. The maximum Gasteiger partial charge on any atom is 0.0630 e. The van der Waals surface area contributed by atoms with Crippen LogP contribution in [0.4, 0.5) is 0 Å². The molecule has 11 heavy (non-hydrogen) atoms. The van der Waals surface area contributed by atoms with Gasteiger partial charge < -0.3 is 0 Å². The highest BCUT2D eigenvalue weighted by atomic mass is 31.1. The summed E-state index contributed by atoms with van der Waals surface area (Å²) in [5, 5.41) is 0. The summed E-state index contributed by atoms with van der Waals surface area (Å²) in [4.78, 5) is 4.35. The summed E-state index contributed by atoms with van der Waals surface area (Å²) in [5.74, 6) is 0. The Kier molecular flexibility index (Phi) is 3.51. The van der Waals surface area contributed by atoms with Crippen molar-refractivity contribution in [3.8, 4) is 0 Å². The van der Waals surface area contributed by atoms with Gasteiger partial charge >= 0.3 is 0 Å². The molecule has 1 heterocycles. The van der Waals surface area contributed by atoms with Gasteiger partial charge in [-0.25, -0.2) is 0 Å². The first-order chi connectivity index (χ1) is 5.38. The molecule has 1 aromatic heterocycles. The van der Waals surface area contributed by atoms with Crippen molar-refractivity contribution in [1.29, 1.82) is 0 Å². The lowest BCUT2D eigenvalue weighted by atomic mass is 10.5. The van der Waals surface area contributed by atoms with E-state index in [9.17, 15) is 0 Å². The third-order valence-electron chi connectivity index (χ3n) is 1.74. The molecule has 0 spiro atoms. The highest BCUT2D eigenvalue weighted by molar-refractivity contribution is 7.65. The summed E-state index contributed by atoms with van der Waals surface area (Å²) in [6, 6.07) is 6.18. The van der Waals surface area contributed by atoms with E-state index < -0.39 is 0 Å². The standard InChI is InChI=1S/C9H14NP/c1-3-11(4-2)9-7-5-6-8-10-9/h5-8H,3-4H2,1-2H3. The highest BCUT2D eigenvalue weighted by Gasteiger charge is 2.04. The predicted octanol–water partition coefficient (Wildman–Crippen LogP) is 2.23. The lowest BCUT2D eigenvalue weighted by Crippen LogP contribution is -2.07. The number of rotatable bonds is 3. The van der Waals surface area contributed by atoms with Gasteiger partial charge in [0.1, 0.15) is 0 Å². The molecule has 0 aliphatic carbocycles. The fourth-order valence-corrected chi connectivity index (χ4v) is 2.71. The molecule has 0 saturated carbocycles. The minimum absolute atomic E-state index is 0.0376. The monoisotopic (exact) mass is 167 g/mol. The minimum atomic E-state index is 0.0376. The quantitative estimate of drug-likeness (QED) is 0.629. The summed E-state index contributed by atoms with van der Waals surface area (Å²) in [6.45, 7) is 4.48. The Morgan fingerprint density at radius 3 is 2.45 bits per heavy atom. The van der Waals surface area contributed by atoms with Crippen molar-refractivity contribution in [1.82, 2.24) is 4.98 Å². The van der Waals surface area contributed by atoms with E-state index in [2.05, 4.69) is 31.0 Å². The molecule has 0 aliphatic heterocycles. The Balaban J connectivity index is 2.74. The zero-order chi connectivity index (χ0) is 8.10. The van der Waals surface area contributed by atoms with E-state index in [1.165, 1.54) is 17.8 Å². The molecule has 0 bridgehead atoms. The van der Waals surface area contributed by atoms with Gasteiger partial charge in [0.25, 0.3) is 0 Å². The van der Waals surface area contributed by atoms with E-state index in [1.807, 2.05) is 12.3 Å². The van der Waals surface area contributed by atoms with E-state index in [1.54, 1.807) is 0 Å². The molecule has 60 valence electrons. The first kappa shape index (κ1) is 8.67. The Hall–Kier alpha value is -0.420. The molecular formula is C9H14NP. The second-order valence-corrected chi connectivity index (χ2v) is 5.16. The van der Waals surface area contributed by atoms with E-state index in [4.69, 9.17) is 0 Å². The van der Waals surface area contributed by atoms with Crippen molar-refractivity contribution in [3.63, 3.8) is 0 Å². The van der Waals surface area contributed by atoms with Crippen LogP contribution in [0.1, 0.15) is 13.8 Å². The van der Waals surface area contributed by atoms with Gasteiger partial charge in [0.05, 0.1) is 5.44 Å². The van der Waals surface area contributed by atoms with Gasteiger partial charge in [-0.3, -0.25) is 4.98 Å². The molecule has 1 nitrogen and oxygen atoms in total. The Labute approximate surface area is 69.6 Å². The third kappa shape index (κ3) is 2.27. The zero-order valence-electron chi connectivity index (χ0n) is 7.12. The summed E-state index contributed by atoms with van der Waals surface area (Å²) in [5.41, 5.74) is 1.30. The van der Waals surface area contributed by atoms with Gasteiger partial charge in [-0.15, -0.1) is 0 Å². The van der Waals surface area contributed by atoms with Gasteiger partial charge in [0.15, 0.2) is 0 Å².